The van der Waals surface area contributed by atoms with Gasteiger partial charge in [0.25, 0.3) is 0 Å². The Bertz CT molecular complexity index is 1320. The van der Waals surface area contributed by atoms with Crippen LogP contribution in [0.15, 0.2) is 91.0 Å². The molecule has 0 radical (unpaired) electrons. The van der Waals surface area contributed by atoms with Crippen LogP contribution in [-0.2, 0) is 20.9 Å². The third-order valence-corrected chi connectivity index (χ3v) is 8.87. The van der Waals surface area contributed by atoms with Crippen molar-refractivity contribution in [3.63, 3.8) is 0 Å². The van der Waals surface area contributed by atoms with Gasteiger partial charge in [0, 0.05) is 25.0 Å². The van der Waals surface area contributed by atoms with Crippen molar-refractivity contribution in [3.8, 4) is 0 Å². The summed E-state index contributed by atoms with van der Waals surface area (Å²) in [7, 11) is 0. The van der Waals surface area contributed by atoms with Gasteiger partial charge in [-0.25, -0.2) is 0 Å². The second-order valence-electron chi connectivity index (χ2n) is 11.7. The molecule has 2 saturated heterocycles. The van der Waals surface area contributed by atoms with Gasteiger partial charge in [-0.1, -0.05) is 97.9 Å². The maximum atomic E-state index is 14.3. The van der Waals surface area contributed by atoms with E-state index < -0.39 is 18.1 Å². The van der Waals surface area contributed by atoms with Crippen molar-refractivity contribution < 1.29 is 26.8 Å². The van der Waals surface area contributed by atoms with E-state index in [9.17, 15) is 14.4 Å². The zero-order chi connectivity index (χ0) is 30.2. The Balaban J connectivity index is 0.00000442. The second kappa shape index (κ2) is 15.8. The first-order valence-corrected chi connectivity index (χ1v) is 15.5. The van der Waals surface area contributed by atoms with Crippen LogP contribution < -0.4 is 34.1 Å². The molecule has 44 heavy (non-hydrogen) atoms. The number of nitrogens with zero attached hydrogens (tertiary/aromatic N) is 1. The monoisotopic (exact) mass is 616 g/mol. The van der Waals surface area contributed by atoms with Gasteiger partial charge >= 0.3 is 0 Å². The van der Waals surface area contributed by atoms with Crippen molar-refractivity contribution in [1.29, 1.82) is 0 Å². The van der Waals surface area contributed by atoms with E-state index in [0.29, 0.717) is 25.9 Å². The minimum absolute atomic E-state index is 0. The number of nitrogens with two attached hydrogens (primary N) is 1. The quantitative estimate of drug-likeness (QED) is 0.253. The SMILES string of the molecule is CC[C@H](N)C(=O)N[C@@H]1C(=O)N2[C@@H](CC[C@@H]1CNCc1ccccc1)CC[C@H]2C(=O)NC(c1ccccc1)c1ccccc1.[Cl-]. The van der Waals surface area contributed by atoms with Crippen molar-refractivity contribution in [2.45, 2.75) is 75.8 Å². The maximum Gasteiger partial charge on any atom is 0.246 e. The van der Waals surface area contributed by atoms with Crippen LogP contribution in [0.25, 0.3) is 0 Å². The molecule has 0 aromatic heterocycles. The molecule has 2 fully saturated rings. The van der Waals surface area contributed by atoms with E-state index in [1.165, 1.54) is 0 Å². The predicted molar refractivity (Wildman–Crippen MR) is 168 cm³/mol. The Morgan fingerprint density at radius 3 is 2.02 bits per heavy atom. The zero-order valence-electron chi connectivity index (χ0n) is 25.2. The molecule has 2 aliphatic heterocycles. The van der Waals surface area contributed by atoms with Gasteiger partial charge < -0.3 is 39.0 Å². The molecule has 0 bridgehead atoms. The summed E-state index contributed by atoms with van der Waals surface area (Å²) in [5, 5.41) is 9.75. The van der Waals surface area contributed by atoms with Crippen molar-refractivity contribution in [2.75, 3.05) is 6.54 Å². The van der Waals surface area contributed by atoms with Gasteiger partial charge in [-0.3, -0.25) is 14.4 Å². The fraction of sp³-hybridized carbons (Fsp3) is 0.400. The Morgan fingerprint density at radius 1 is 0.864 bits per heavy atom. The highest BCUT2D eigenvalue weighted by Crippen LogP contribution is 2.35. The fourth-order valence-corrected chi connectivity index (χ4v) is 6.42. The summed E-state index contributed by atoms with van der Waals surface area (Å²) < 4.78 is 0. The van der Waals surface area contributed by atoms with Gasteiger partial charge in [0.1, 0.15) is 12.1 Å². The number of carbonyl (C=O) groups excluding carboxylic acids is 3. The van der Waals surface area contributed by atoms with E-state index in [1.807, 2.05) is 85.8 Å². The van der Waals surface area contributed by atoms with Crippen LogP contribution >= 0.6 is 0 Å². The molecule has 0 aliphatic carbocycles. The maximum absolute atomic E-state index is 14.3. The van der Waals surface area contributed by atoms with E-state index in [2.05, 4.69) is 28.1 Å². The van der Waals surface area contributed by atoms with Crippen LogP contribution in [0.3, 0.4) is 0 Å². The Labute approximate surface area is 266 Å². The number of hydrogen-bond donors (Lipinski definition) is 4. The van der Waals surface area contributed by atoms with Gasteiger partial charge in [0.15, 0.2) is 0 Å². The summed E-state index contributed by atoms with van der Waals surface area (Å²) >= 11 is 0. The standard InChI is InChI=1S/C35H43N5O3.ClH/c1-2-29(36)33(41)39-32-27(23-37-22-24-12-6-3-7-13-24)18-19-28-20-21-30(40(28)35(32)43)34(42)38-31(25-14-8-4-9-15-25)26-16-10-5-11-17-26;/h3-17,27-32,37H,2,18-23,36H2,1H3,(H,38,42)(H,39,41);1H/p-1/t27-,28+,29+,30+,32+;/m1./s1. The molecule has 3 aromatic carbocycles. The highest BCUT2D eigenvalue weighted by atomic mass is 35.5. The predicted octanol–water partition coefficient (Wildman–Crippen LogP) is 0.678. The molecule has 5 N–H and O–H groups in total. The molecule has 234 valence electrons. The van der Waals surface area contributed by atoms with Crippen molar-refractivity contribution in [1.82, 2.24) is 20.9 Å². The van der Waals surface area contributed by atoms with Gasteiger partial charge in [-0.05, 0) is 48.8 Å². The first-order chi connectivity index (χ1) is 21.0. The summed E-state index contributed by atoms with van der Waals surface area (Å²) in [5.41, 5.74) is 9.17. The fourth-order valence-electron chi connectivity index (χ4n) is 6.42. The first kappa shape index (κ1) is 33.2. The average molecular weight is 617 g/mol. The van der Waals surface area contributed by atoms with Crippen LogP contribution in [0.1, 0.15) is 61.8 Å². The number of carbonyl (C=O) groups is 3. The molecule has 3 amide bonds. The zero-order valence-corrected chi connectivity index (χ0v) is 26.0. The van der Waals surface area contributed by atoms with E-state index in [-0.39, 0.29) is 48.1 Å². The van der Waals surface area contributed by atoms with Crippen molar-refractivity contribution >= 4 is 17.7 Å². The van der Waals surface area contributed by atoms with Gasteiger partial charge in [0.2, 0.25) is 17.7 Å². The number of rotatable bonds is 11. The van der Waals surface area contributed by atoms with Crippen molar-refractivity contribution in [2.24, 2.45) is 11.7 Å². The molecular weight excluding hydrogens is 574 g/mol. The molecule has 3 aromatic rings. The van der Waals surface area contributed by atoms with Gasteiger partial charge in [-0.2, -0.15) is 0 Å². The summed E-state index contributed by atoms with van der Waals surface area (Å²) in [5.74, 6) is -0.829. The van der Waals surface area contributed by atoms with Crippen molar-refractivity contribution in [3.05, 3.63) is 108 Å². The first-order valence-electron chi connectivity index (χ1n) is 15.5. The van der Waals surface area contributed by atoms with E-state index in [0.717, 1.165) is 36.0 Å². The van der Waals surface area contributed by atoms with Crippen LogP contribution in [-0.4, -0.2) is 53.3 Å². The Morgan fingerprint density at radius 2 is 1.43 bits per heavy atom. The van der Waals surface area contributed by atoms with Crippen LogP contribution in [0.5, 0.6) is 0 Å². The molecule has 2 aliphatic rings. The summed E-state index contributed by atoms with van der Waals surface area (Å²) in [6, 6.07) is 27.4. The smallest absolute Gasteiger partial charge is 0.246 e. The molecule has 9 heteroatoms. The summed E-state index contributed by atoms with van der Waals surface area (Å²) in [4.78, 5) is 43.1. The molecule has 5 atom stereocenters. The highest BCUT2D eigenvalue weighted by Gasteiger charge is 2.47. The topological polar surface area (TPSA) is 117 Å². The van der Waals surface area contributed by atoms with E-state index in [1.54, 1.807) is 4.90 Å². The molecule has 5 rings (SSSR count). The average Bonchev–Trinajstić information content (AvgIpc) is 3.43. The molecule has 2 heterocycles. The van der Waals surface area contributed by atoms with E-state index in [4.69, 9.17) is 5.73 Å². The molecular formula is C35H43ClN5O3-. The summed E-state index contributed by atoms with van der Waals surface area (Å²) in [6.45, 7) is 3.08. The highest BCUT2D eigenvalue weighted by molar-refractivity contribution is 5.94. The lowest BCUT2D eigenvalue weighted by Gasteiger charge is -2.33. The minimum Gasteiger partial charge on any atom is -1.00 e. The lowest BCUT2D eigenvalue weighted by molar-refractivity contribution is -0.143. The number of fused-ring (bicyclic) bond motifs is 1. The number of halogens is 1. The molecule has 0 spiro atoms. The van der Waals surface area contributed by atoms with Gasteiger partial charge in [0.05, 0.1) is 12.1 Å². The lowest BCUT2D eigenvalue weighted by atomic mass is 9.92. The van der Waals surface area contributed by atoms with E-state index >= 15 is 0 Å². The summed E-state index contributed by atoms with van der Waals surface area (Å²) in [6.07, 6.45) is 3.35. The number of nitrogens with one attached hydrogen (secondary N) is 3. The number of hydrogen-bond acceptors (Lipinski definition) is 5. The molecule has 0 unspecified atom stereocenters. The third-order valence-electron chi connectivity index (χ3n) is 8.87. The number of amides is 3. The van der Waals surface area contributed by atoms with Crippen LogP contribution in [0.4, 0.5) is 0 Å². The lowest BCUT2D eigenvalue weighted by Crippen LogP contribution is -3.00. The Kier molecular flexibility index (Phi) is 11.9. The van der Waals surface area contributed by atoms with Crippen LogP contribution in [0, 0.1) is 5.92 Å². The third kappa shape index (κ3) is 7.86. The minimum atomic E-state index is -0.759. The van der Waals surface area contributed by atoms with Gasteiger partial charge in [-0.15, -0.1) is 0 Å². The normalized spacial score (nSPS) is 22.0. The molecule has 0 saturated carbocycles. The Hall–Kier alpha value is -3.72. The van der Waals surface area contributed by atoms with Crippen LogP contribution in [0.2, 0.25) is 0 Å². The second-order valence-corrected chi connectivity index (χ2v) is 11.7. The largest absolute Gasteiger partial charge is 1.00 e. The molecule has 8 nitrogen and oxygen atoms in total. The number of benzene rings is 3.